The molecule has 0 amide bonds. The zero-order chi connectivity index (χ0) is 16.1. The summed E-state index contributed by atoms with van der Waals surface area (Å²) in [5.41, 5.74) is 0.218. The van der Waals surface area contributed by atoms with Crippen molar-refractivity contribution < 1.29 is 8.42 Å². The molecule has 0 bridgehead atoms. The lowest BCUT2D eigenvalue weighted by atomic mass is 9.64. The maximum absolute atomic E-state index is 11.3. The Balaban J connectivity index is 2.63. The molecule has 3 unspecified atom stereocenters. The Labute approximate surface area is 132 Å². The van der Waals surface area contributed by atoms with Gasteiger partial charge in [-0.15, -0.1) is 0 Å². The Morgan fingerprint density at radius 3 is 2.48 bits per heavy atom. The van der Waals surface area contributed by atoms with E-state index < -0.39 is 9.84 Å². The summed E-state index contributed by atoms with van der Waals surface area (Å²) >= 11 is 0. The van der Waals surface area contributed by atoms with Gasteiger partial charge in [0.25, 0.3) is 0 Å². The molecule has 0 heterocycles. The van der Waals surface area contributed by atoms with Crippen molar-refractivity contribution in [3.05, 3.63) is 0 Å². The Hall–Kier alpha value is -0.0900. The van der Waals surface area contributed by atoms with E-state index in [1.54, 1.807) is 0 Å². The maximum Gasteiger partial charge on any atom is 0.147 e. The molecule has 1 aliphatic rings. The Morgan fingerprint density at radius 2 is 1.90 bits per heavy atom. The van der Waals surface area contributed by atoms with Crippen LogP contribution in [0.3, 0.4) is 0 Å². The van der Waals surface area contributed by atoms with Gasteiger partial charge < -0.3 is 5.32 Å². The van der Waals surface area contributed by atoms with E-state index in [1.807, 2.05) is 0 Å². The highest BCUT2D eigenvalue weighted by Crippen LogP contribution is 2.43. The van der Waals surface area contributed by atoms with Gasteiger partial charge in [0.1, 0.15) is 9.84 Å². The van der Waals surface area contributed by atoms with E-state index in [-0.39, 0.29) is 5.41 Å². The van der Waals surface area contributed by atoms with Crippen molar-refractivity contribution in [3.63, 3.8) is 0 Å². The van der Waals surface area contributed by atoms with Crippen molar-refractivity contribution in [1.82, 2.24) is 5.32 Å². The minimum atomic E-state index is -2.83. The third-order valence-corrected chi connectivity index (χ3v) is 6.14. The molecule has 21 heavy (non-hydrogen) atoms. The number of nitrogens with one attached hydrogen (secondary N) is 1. The fourth-order valence-corrected chi connectivity index (χ4v) is 4.52. The maximum atomic E-state index is 11.3. The SMILES string of the molecule is CCCNC1CC(C)CCC1C(C)(C)CCCS(C)(=O)=O. The van der Waals surface area contributed by atoms with Crippen LogP contribution in [0.5, 0.6) is 0 Å². The van der Waals surface area contributed by atoms with E-state index in [0.29, 0.717) is 17.7 Å². The van der Waals surface area contributed by atoms with Crippen LogP contribution in [-0.2, 0) is 9.84 Å². The number of rotatable bonds is 8. The molecular weight excluding hydrogens is 282 g/mol. The van der Waals surface area contributed by atoms with Crippen LogP contribution in [0.1, 0.15) is 66.2 Å². The van der Waals surface area contributed by atoms with E-state index in [1.165, 1.54) is 31.9 Å². The standard InChI is InChI=1S/C17H35NO2S/c1-6-11-18-16-13-14(2)8-9-15(16)17(3,4)10-7-12-21(5,19)20/h14-16,18H,6-13H2,1-5H3. The van der Waals surface area contributed by atoms with Crippen molar-refractivity contribution >= 4 is 9.84 Å². The molecule has 0 aromatic carbocycles. The first-order chi connectivity index (χ1) is 9.65. The predicted octanol–water partition coefficient (Wildman–Crippen LogP) is 3.64. The van der Waals surface area contributed by atoms with E-state index in [0.717, 1.165) is 25.3 Å². The lowest BCUT2D eigenvalue weighted by Crippen LogP contribution is -2.47. The fraction of sp³-hybridized carbons (Fsp3) is 1.00. The third-order valence-electron chi connectivity index (χ3n) is 5.11. The van der Waals surface area contributed by atoms with Crippen LogP contribution in [0.25, 0.3) is 0 Å². The van der Waals surface area contributed by atoms with Crippen LogP contribution in [0.2, 0.25) is 0 Å². The summed E-state index contributed by atoms with van der Waals surface area (Å²) in [6.07, 6.45) is 8.15. The first-order valence-electron chi connectivity index (χ1n) is 8.57. The molecule has 1 saturated carbocycles. The van der Waals surface area contributed by atoms with Gasteiger partial charge in [-0.05, 0) is 55.9 Å². The minimum Gasteiger partial charge on any atom is -0.314 e. The highest BCUT2D eigenvalue weighted by Gasteiger charge is 2.38. The molecular formula is C17H35NO2S. The van der Waals surface area contributed by atoms with Crippen molar-refractivity contribution in [2.24, 2.45) is 17.3 Å². The number of hydrogen-bond donors (Lipinski definition) is 1. The van der Waals surface area contributed by atoms with Gasteiger partial charge in [-0.2, -0.15) is 0 Å². The second-order valence-electron chi connectivity index (χ2n) is 7.81. The van der Waals surface area contributed by atoms with Crippen molar-refractivity contribution in [2.75, 3.05) is 18.6 Å². The molecule has 3 nitrogen and oxygen atoms in total. The average Bonchev–Trinajstić information content (AvgIpc) is 2.34. The molecule has 1 fully saturated rings. The largest absolute Gasteiger partial charge is 0.314 e. The normalized spacial score (nSPS) is 27.8. The molecule has 0 radical (unpaired) electrons. The van der Waals surface area contributed by atoms with Gasteiger partial charge in [0.15, 0.2) is 0 Å². The van der Waals surface area contributed by atoms with Gasteiger partial charge in [-0.3, -0.25) is 0 Å². The molecule has 126 valence electrons. The second-order valence-corrected chi connectivity index (χ2v) is 10.1. The molecule has 0 saturated heterocycles. The quantitative estimate of drug-likeness (QED) is 0.743. The first-order valence-corrected chi connectivity index (χ1v) is 10.6. The third kappa shape index (κ3) is 6.68. The van der Waals surface area contributed by atoms with Gasteiger partial charge in [0, 0.05) is 18.1 Å². The molecule has 1 aliphatic carbocycles. The number of sulfone groups is 1. The highest BCUT2D eigenvalue weighted by atomic mass is 32.2. The van der Waals surface area contributed by atoms with Crippen molar-refractivity contribution in [1.29, 1.82) is 0 Å². The van der Waals surface area contributed by atoms with Gasteiger partial charge in [-0.1, -0.05) is 34.1 Å². The van der Waals surface area contributed by atoms with Gasteiger partial charge in [0.05, 0.1) is 0 Å². The molecule has 4 heteroatoms. The lowest BCUT2D eigenvalue weighted by molar-refractivity contribution is 0.0863. The van der Waals surface area contributed by atoms with Crippen LogP contribution in [-0.4, -0.2) is 33.0 Å². The first kappa shape index (κ1) is 19.0. The summed E-state index contributed by atoms with van der Waals surface area (Å²) in [6, 6.07) is 0.599. The predicted molar refractivity (Wildman–Crippen MR) is 91.3 cm³/mol. The van der Waals surface area contributed by atoms with Gasteiger partial charge >= 0.3 is 0 Å². The smallest absolute Gasteiger partial charge is 0.147 e. The van der Waals surface area contributed by atoms with E-state index in [2.05, 4.69) is 33.0 Å². The minimum absolute atomic E-state index is 0.218. The van der Waals surface area contributed by atoms with Crippen LogP contribution >= 0.6 is 0 Å². The van der Waals surface area contributed by atoms with Crippen LogP contribution < -0.4 is 5.32 Å². The van der Waals surface area contributed by atoms with E-state index in [9.17, 15) is 8.42 Å². The lowest BCUT2D eigenvalue weighted by Gasteiger charge is -2.45. The van der Waals surface area contributed by atoms with Crippen LogP contribution in [0.15, 0.2) is 0 Å². The molecule has 1 N–H and O–H groups in total. The molecule has 1 rings (SSSR count). The van der Waals surface area contributed by atoms with E-state index >= 15 is 0 Å². The molecule has 0 spiro atoms. The summed E-state index contributed by atoms with van der Waals surface area (Å²) in [5, 5.41) is 3.75. The second kappa shape index (κ2) is 7.96. The van der Waals surface area contributed by atoms with Crippen LogP contribution in [0, 0.1) is 17.3 Å². The monoisotopic (exact) mass is 317 g/mol. The van der Waals surface area contributed by atoms with Crippen LogP contribution in [0.4, 0.5) is 0 Å². The van der Waals surface area contributed by atoms with Gasteiger partial charge in [-0.25, -0.2) is 8.42 Å². The molecule has 0 aromatic heterocycles. The van der Waals surface area contributed by atoms with Crippen molar-refractivity contribution in [3.8, 4) is 0 Å². The topological polar surface area (TPSA) is 46.2 Å². The summed E-state index contributed by atoms with van der Waals surface area (Å²) in [6.45, 7) is 10.3. The van der Waals surface area contributed by atoms with E-state index in [4.69, 9.17) is 0 Å². The summed E-state index contributed by atoms with van der Waals surface area (Å²) in [7, 11) is -2.83. The summed E-state index contributed by atoms with van der Waals surface area (Å²) in [5.74, 6) is 1.80. The molecule has 0 aliphatic heterocycles. The van der Waals surface area contributed by atoms with Gasteiger partial charge in [0.2, 0.25) is 0 Å². The fourth-order valence-electron chi connectivity index (χ4n) is 3.85. The average molecular weight is 318 g/mol. The molecule has 3 atom stereocenters. The van der Waals surface area contributed by atoms with Crippen molar-refractivity contribution in [2.45, 2.75) is 72.3 Å². The summed E-state index contributed by atoms with van der Waals surface area (Å²) in [4.78, 5) is 0. The zero-order valence-corrected chi connectivity index (χ0v) is 15.4. The number of hydrogen-bond acceptors (Lipinski definition) is 3. The molecule has 0 aromatic rings. The Kier molecular flexibility index (Phi) is 7.18. The zero-order valence-electron chi connectivity index (χ0n) is 14.6. The Bertz CT molecular complexity index is 403. The summed E-state index contributed by atoms with van der Waals surface area (Å²) < 4.78 is 22.7. The highest BCUT2D eigenvalue weighted by molar-refractivity contribution is 7.90. The Morgan fingerprint density at radius 1 is 1.24 bits per heavy atom.